The quantitative estimate of drug-likeness (QED) is 0.768. The highest BCUT2D eigenvalue weighted by molar-refractivity contribution is 6.19. The van der Waals surface area contributed by atoms with E-state index in [0.717, 1.165) is 22.2 Å². The summed E-state index contributed by atoms with van der Waals surface area (Å²) in [4.78, 5) is 13.8. The monoisotopic (exact) mass is 331 g/mol. The first kappa shape index (κ1) is 16.1. The van der Waals surface area contributed by atoms with Crippen molar-refractivity contribution in [2.24, 2.45) is 5.92 Å². The SMILES string of the molecule is CC(=O)N1C[C@@H](CCl)c2c1cc(OCC(C)C)c1ccccc21. The molecule has 1 aliphatic rings. The van der Waals surface area contributed by atoms with Gasteiger partial charge in [0, 0.05) is 36.7 Å². The van der Waals surface area contributed by atoms with E-state index >= 15 is 0 Å². The fourth-order valence-corrected chi connectivity index (χ4v) is 3.46. The van der Waals surface area contributed by atoms with Gasteiger partial charge in [0.2, 0.25) is 5.91 Å². The van der Waals surface area contributed by atoms with Crippen LogP contribution in [0.3, 0.4) is 0 Å². The molecule has 0 N–H and O–H groups in total. The first-order valence-electron chi connectivity index (χ1n) is 8.05. The van der Waals surface area contributed by atoms with Crippen molar-refractivity contribution in [1.29, 1.82) is 0 Å². The van der Waals surface area contributed by atoms with Gasteiger partial charge in [0.1, 0.15) is 5.75 Å². The Bertz CT molecular complexity index is 741. The van der Waals surface area contributed by atoms with Crippen molar-refractivity contribution in [1.82, 2.24) is 0 Å². The molecule has 3 rings (SSSR count). The molecular formula is C19H22ClNO2. The van der Waals surface area contributed by atoms with Gasteiger partial charge < -0.3 is 9.64 Å². The molecule has 23 heavy (non-hydrogen) atoms. The number of halogens is 1. The minimum atomic E-state index is 0.0453. The lowest BCUT2D eigenvalue weighted by atomic mass is 9.95. The van der Waals surface area contributed by atoms with Crippen molar-refractivity contribution >= 4 is 34.0 Å². The van der Waals surface area contributed by atoms with Gasteiger partial charge in [-0.25, -0.2) is 0 Å². The van der Waals surface area contributed by atoms with Crippen LogP contribution in [0.25, 0.3) is 10.8 Å². The topological polar surface area (TPSA) is 29.5 Å². The van der Waals surface area contributed by atoms with Gasteiger partial charge in [-0.1, -0.05) is 38.1 Å². The number of ether oxygens (including phenoxy) is 1. The van der Waals surface area contributed by atoms with Crippen LogP contribution in [0.15, 0.2) is 30.3 Å². The average molecular weight is 332 g/mol. The molecule has 0 saturated heterocycles. The highest BCUT2D eigenvalue weighted by Crippen LogP contribution is 2.45. The van der Waals surface area contributed by atoms with Crippen molar-refractivity contribution in [3.05, 3.63) is 35.9 Å². The Labute approximate surface area is 142 Å². The third-order valence-corrected chi connectivity index (χ3v) is 4.64. The van der Waals surface area contributed by atoms with Crippen LogP contribution in [0.2, 0.25) is 0 Å². The molecule has 1 aliphatic heterocycles. The number of rotatable bonds is 4. The molecule has 0 spiro atoms. The summed E-state index contributed by atoms with van der Waals surface area (Å²) in [7, 11) is 0. The second kappa shape index (κ2) is 6.40. The molecule has 0 saturated carbocycles. The van der Waals surface area contributed by atoms with Gasteiger partial charge in [-0.05, 0) is 16.9 Å². The molecule has 0 fully saturated rings. The number of amides is 1. The van der Waals surface area contributed by atoms with Gasteiger partial charge in [-0.15, -0.1) is 11.6 Å². The van der Waals surface area contributed by atoms with Crippen molar-refractivity contribution < 1.29 is 9.53 Å². The summed E-state index contributed by atoms with van der Waals surface area (Å²) >= 11 is 6.18. The Morgan fingerprint density at radius 2 is 2.04 bits per heavy atom. The number of hydrogen-bond acceptors (Lipinski definition) is 2. The van der Waals surface area contributed by atoms with Crippen molar-refractivity contribution in [2.45, 2.75) is 26.7 Å². The maximum Gasteiger partial charge on any atom is 0.223 e. The molecule has 0 unspecified atom stereocenters. The lowest BCUT2D eigenvalue weighted by molar-refractivity contribution is -0.116. The van der Waals surface area contributed by atoms with Crippen LogP contribution in [0, 0.1) is 5.92 Å². The second-order valence-corrected chi connectivity index (χ2v) is 6.85. The number of carbonyl (C=O) groups excluding carboxylic acids is 1. The van der Waals surface area contributed by atoms with E-state index in [1.54, 1.807) is 6.92 Å². The van der Waals surface area contributed by atoms with Crippen molar-refractivity contribution in [2.75, 3.05) is 23.9 Å². The van der Waals surface area contributed by atoms with E-state index in [1.165, 1.54) is 5.56 Å². The number of benzene rings is 2. The van der Waals surface area contributed by atoms with E-state index in [0.29, 0.717) is 24.9 Å². The van der Waals surface area contributed by atoms with E-state index in [4.69, 9.17) is 16.3 Å². The van der Waals surface area contributed by atoms with Crippen molar-refractivity contribution in [3.63, 3.8) is 0 Å². The summed E-state index contributed by atoms with van der Waals surface area (Å²) in [6.07, 6.45) is 0. The predicted molar refractivity (Wildman–Crippen MR) is 95.8 cm³/mol. The third-order valence-electron chi connectivity index (χ3n) is 4.27. The number of hydrogen-bond donors (Lipinski definition) is 0. The molecule has 1 atom stereocenters. The van der Waals surface area contributed by atoms with E-state index in [1.807, 2.05) is 23.1 Å². The number of fused-ring (bicyclic) bond motifs is 3. The van der Waals surface area contributed by atoms with Gasteiger partial charge in [0.15, 0.2) is 0 Å². The normalized spacial score (nSPS) is 16.9. The van der Waals surface area contributed by atoms with Crippen LogP contribution in [0.1, 0.15) is 32.3 Å². The first-order chi connectivity index (χ1) is 11.0. The first-order valence-corrected chi connectivity index (χ1v) is 8.58. The zero-order valence-corrected chi connectivity index (χ0v) is 14.6. The van der Waals surface area contributed by atoms with E-state index < -0.39 is 0 Å². The Morgan fingerprint density at radius 1 is 1.35 bits per heavy atom. The Hall–Kier alpha value is -1.74. The van der Waals surface area contributed by atoms with Crippen LogP contribution in [0.5, 0.6) is 5.75 Å². The Morgan fingerprint density at radius 3 is 2.65 bits per heavy atom. The van der Waals surface area contributed by atoms with Crippen molar-refractivity contribution in [3.8, 4) is 5.75 Å². The van der Waals surface area contributed by atoms with Gasteiger partial charge in [0.05, 0.1) is 12.3 Å². The molecule has 1 heterocycles. The average Bonchev–Trinajstić information content (AvgIpc) is 2.91. The summed E-state index contributed by atoms with van der Waals surface area (Å²) in [5.74, 6) is 2.01. The van der Waals surface area contributed by atoms with E-state index in [-0.39, 0.29) is 11.8 Å². The zero-order valence-electron chi connectivity index (χ0n) is 13.8. The molecule has 122 valence electrons. The lowest BCUT2D eigenvalue weighted by Gasteiger charge is -2.18. The lowest BCUT2D eigenvalue weighted by Crippen LogP contribution is -2.27. The molecule has 1 amide bonds. The fourth-order valence-electron chi connectivity index (χ4n) is 3.21. The van der Waals surface area contributed by atoms with Crippen LogP contribution in [-0.4, -0.2) is 24.9 Å². The molecule has 0 aromatic heterocycles. The third kappa shape index (κ3) is 2.90. The summed E-state index contributed by atoms with van der Waals surface area (Å²) in [5, 5.41) is 2.23. The Balaban J connectivity index is 2.20. The number of nitrogens with zero attached hydrogens (tertiary/aromatic N) is 1. The number of alkyl halides is 1. The summed E-state index contributed by atoms with van der Waals surface area (Å²) in [5.41, 5.74) is 2.11. The molecular weight excluding hydrogens is 310 g/mol. The highest BCUT2D eigenvalue weighted by Gasteiger charge is 2.33. The van der Waals surface area contributed by atoms with Gasteiger partial charge in [-0.3, -0.25) is 4.79 Å². The molecule has 3 nitrogen and oxygen atoms in total. The zero-order chi connectivity index (χ0) is 16.6. The van der Waals surface area contributed by atoms with Gasteiger partial charge in [-0.2, -0.15) is 0 Å². The standard InChI is InChI=1S/C19H22ClNO2/c1-12(2)11-23-18-8-17-19(16-7-5-4-6-15(16)18)14(9-20)10-21(17)13(3)22/h4-8,12,14H,9-11H2,1-3H3/t14-/m1/s1. The van der Waals surface area contributed by atoms with Crippen LogP contribution >= 0.6 is 11.6 Å². The molecule has 0 radical (unpaired) electrons. The fraction of sp³-hybridized carbons (Fsp3) is 0.421. The number of carbonyl (C=O) groups is 1. The smallest absolute Gasteiger partial charge is 0.223 e. The number of anilines is 1. The van der Waals surface area contributed by atoms with Gasteiger partial charge in [0.25, 0.3) is 0 Å². The molecule has 2 aromatic rings. The predicted octanol–water partition coefficient (Wildman–Crippen LogP) is 4.56. The largest absolute Gasteiger partial charge is 0.493 e. The van der Waals surface area contributed by atoms with Crippen LogP contribution < -0.4 is 9.64 Å². The van der Waals surface area contributed by atoms with Crippen LogP contribution in [0.4, 0.5) is 5.69 Å². The maximum atomic E-state index is 12.0. The summed E-state index contributed by atoms with van der Waals surface area (Å²) in [6, 6.07) is 10.2. The molecule has 2 aromatic carbocycles. The molecule has 4 heteroatoms. The maximum absolute atomic E-state index is 12.0. The second-order valence-electron chi connectivity index (χ2n) is 6.54. The molecule has 0 aliphatic carbocycles. The minimum absolute atomic E-state index is 0.0453. The summed E-state index contributed by atoms with van der Waals surface area (Å²) < 4.78 is 6.03. The van der Waals surface area contributed by atoms with E-state index in [9.17, 15) is 4.79 Å². The molecule has 0 bridgehead atoms. The summed E-state index contributed by atoms with van der Waals surface area (Å²) in [6.45, 7) is 7.15. The Kier molecular flexibility index (Phi) is 4.49. The van der Waals surface area contributed by atoms with Gasteiger partial charge >= 0.3 is 0 Å². The highest BCUT2D eigenvalue weighted by atomic mass is 35.5. The minimum Gasteiger partial charge on any atom is -0.493 e. The van der Waals surface area contributed by atoms with Crippen LogP contribution in [-0.2, 0) is 4.79 Å². The van der Waals surface area contributed by atoms with E-state index in [2.05, 4.69) is 26.0 Å².